The Labute approximate surface area is 141 Å². The van der Waals surface area contributed by atoms with Crippen LogP contribution in [0, 0.1) is 0 Å². The summed E-state index contributed by atoms with van der Waals surface area (Å²) in [5, 5.41) is 2.95. The third-order valence-corrected chi connectivity index (χ3v) is 4.84. The number of benzene rings is 2. The van der Waals surface area contributed by atoms with E-state index in [-0.39, 0.29) is 11.7 Å². The molecule has 24 heavy (non-hydrogen) atoms. The number of hydrogen-bond donors (Lipinski definition) is 1. The highest BCUT2D eigenvalue weighted by Crippen LogP contribution is 2.39. The zero-order chi connectivity index (χ0) is 16.5. The second kappa shape index (κ2) is 6.21. The lowest BCUT2D eigenvalue weighted by Crippen LogP contribution is -2.37. The minimum absolute atomic E-state index is 0.00512. The standard InChI is InChI=1S/C20H20N2O2/c23-18(13-22-11-4-1-5-12-22)21-17-10-6-9-15-14-7-2-3-8-16(14)20(24)19(15)17/h2-3,6-10H,1,4-5,11-13H2,(H,21,23). The van der Waals surface area contributed by atoms with Crippen molar-refractivity contribution >= 4 is 17.4 Å². The monoisotopic (exact) mass is 320 g/mol. The van der Waals surface area contributed by atoms with Crippen LogP contribution in [0.3, 0.4) is 0 Å². The van der Waals surface area contributed by atoms with Crippen molar-refractivity contribution in [3.63, 3.8) is 0 Å². The summed E-state index contributed by atoms with van der Waals surface area (Å²) in [6.45, 7) is 2.35. The van der Waals surface area contributed by atoms with Gasteiger partial charge in [-0.25, -0.2) is 0 Å². The molecule has 2 aromatic rings. The van der Waals surface area contributed by atoms with Gasteiger partial charge in [-0.2, -0.15) is 0 Å². The maximum absolute atomic E-state index is 12.7. The highest BCUT2D eigenvalue weighted by Gasteiger charge is 2.29. The van der Waals surface area contributed by atoms with E-state index in [1.54, 1.807) is 0 Å². The van der Waals surface area contributed by atoms with Gasteiger partial charge in [0.05, 0.1) is 17.8 Å². The average Bonchev–Trinajstić information content (AvgIpc) is 2.90. The van der Waals surface area contributed by atoms with E-state index in [1.807, 2.05) is 42.5 Å². The molecule has 4 nitrogen and oxygen atoms in total. The average molecular weight is 320 g/mol. The van der Waals surface area contributed by atoms with E-state index in [0.29, 0.717) is 23.4 Å². The van der Waals surface area contributed by atoms with Gasteiger partial charge in [0, 0.05) is 5.56 Å². The highest BCUT2D eigenvalue weighted by atomic mass is 16.2. The quantitative estimate of drug-likeness (QED) is 0.805. The molecule has 2 aromatic carbocycles. The van der Waals surface area contributed by atoms with Crippen molar-refractivity contribution in [2.24, 2.45) is 0 Å². The number of likely N-dealkylation sites (tertiary alicyclic amines) is 1. The lowest BCUT2D eigenvalue weighted by molar-refractivity contribution is -0.117. The first-order valence-electron chi connectivity index (χ1n) is 8.53. The zero-order valence-corrected chi connectivity index (χ0v) is 13.5. The van der Waals surface area contributed by atoms with Gasteiger partial charge in [-0.05, 0) is 43.1 Å². The minimum Gasteiger partial charge on any atom is -0.324 e. The molecule has 4 heteroatoms. The summed E-state index contributed by atoms with van der Waals surface area (Å²) >= 11 is 0. The largest absolute Gasteiger partial charge is 0.324 e. The van der Waals surface area contributed by atoms with Crippen molar-refractivity contribution in [3.05, 3.63) is 53.6 Å². The molecule has 1 saturated heterocycles. The molecule has 1 N–H and O–H groups in total. The topological polar surface area (TPSA) is 49.4 Å². The van der Waals surface area contributed by atoms with Gasteiger partial charge in [0.15, 0.2) is 5.78 Å². The van der Waals surface area contributed by atoms with E-state index >= 15 is 0 Å². The van der Waals surface area contributed by atoms with E-state index < -0.39 is 0 Å². The number of carbonyl (C=O) groups excluding carboxylic acids is 2. The van der Waals surface area contributed by atoms with Gasteiger partial charge in [0.2, 0.25) is 5.91 Å². The first kappa shape index (κ1) is 15.1. The summed E-state index contributed by atoms with van der Waals surface area (Å²) in [5.74, 6) is -0.0523. The van der Waals surface area contributed by atoms with Crippen LogP contribution in [0.1, 0.15) is 35.2 Å². The molecule has 0 atom stereocenters. The van der Waals surface area contributed by atoms with Crippen LogP contribution >= 0.6 is 0 Å². The second-order valence-electron chi connectivity index (χ2n) is 6.49. The number of fused-ring (bicyclic) bond motifs is 3. The molecule has 0 bridgehead atoms. The van der Waals surface area contributed by atoms with Gasteiger partial charge in [-0.15, -0.1) is 0 Å². The fourth-order valence-electron chi connectivity index (χ4n) is 3.69. The maximum Gasteiger partial charge on any atom is 0.238 e. The van der Waals surface area contributed by atoms with Crippen LogP contribution in [-0.2, 0) is 4.79 Å². The Morgan fingerprint density at radius 1 is 0.917 bits per heavy atom. The van der Waals surface area contributed by atoms with Crippen LogP contribution in [0.25, 0.3) is 11.1 Å². The number of anilines is 1. The van der Waals surface area contributed by atoms with Crippen LogP contribution in [0.5, 0.6) is 0 Å². The SMILES string of the molecule is O=C(CN1CCCCC1)Nc1cccc2c1C(=O)c1ccccc1-2. The predicted molar refractivity (Wildman–Crippen MR) is 94.2 cm³/mol. The number of nitrogens with one attached hydrogen (secondary N) is 1. The lowest BCUT2D eigenvalue weighted by Gasteiger charge is -2.25. The smallest absolute Gasteiger partial charge is 0.238 e. The van der Waals surface area contributed by atoms with E-state index in [2.05, 4.69) is 10.2 Å². The second-order valence-corrected chi connectivity index (χ2v) is 6.49. The van der Waals surface area contributed by atoms with Gasteiger partial charge in [-0.3, -0.25) is 14.5 Å². The number of carbonyl (C=O) groups is 2. The summed E-state index contributed by atoms with van der Waals surface area (Å²) in [6.07, 6.45) is 3.56. The Balaban J connectivity index is 1.57. The lowest BCUT2D eigenvalue weighted by atomic mass is 10.0. The molecule has 122 valence electrons. The molecule has 2 aliphatic rings. The molecular weight excluding hydrogens is 300 g/mol. The van der Waals surface area contributed by atoms with E-state index in [0.717, 1.165) is 37.1 Å². The normalized spacial score (nSPS) is 16.6. The van der Waals surface area contributed by atoms with E-state index in [4.69, 9.17) is 0 Å². The molecular formula is C20H20N2O2. The number of piperidine rings is 1. The van der Waals surface area contributed by atoms with Gasteiger partial charge in [0.25, 0.3) is 0 Å². The summed E-state index contributed by atoms with van der Waals surface area (Å²) in [5.41, 5.74) is 3.81. The minimum atomic E-state index is -0.0472. The van der Waals surface area contributed by atoms with Crippen molar-refractivity contribution in [1.82, 2.24) is 4.90 Å². The molecule has 0 aromatic heterocycles. The number of hydrogen-bond acceptors (Lipinski definition) is 3. The maximum atomic E-state index is 12.7. The van der Waals surface area contributed by atoms with Crippen molar-refractivity contribution in [3.8, 4) is 11.1 Å². The fraction of sp³-hybridized carbons (Fsp3) is 0.300. The molecule has 1 heterocycles. The van der Waals surface area contributed by atoms with Gasteiger partial charge in [-0.1, -0.05) is 42.8 Å². The number of amides is 1. The van der Waals surface area contributed by atoms with E-state index in [9.17, 15) is 9.59 Å². The van der Waals surface area contributed by atoms with Crippen molar-refractivity contribution in [2.45, 2.75) is 19.3 Å². The first-order valence-corrected chi connectivity index (χ1v) is 8.53. The van der Waals surface area contributed by atoms with Crippen LogP contribution < -0.4 is 5.32 Å². The van der Waals surface area contributed by atoms with Crippen LogP contribution in [0.2, 0.25) is 0 Å². The molecule has 1 aliphatic carbocycles. The number of rotatable bonds is 3. The van der Waals surface area contributed by atoms with Gasteiger partial charge in [0.1, 0.15) is 0 Å². The summed E-state index contributed by atoms with van der Waals surface area (Å²) in [7, 11) is 0. The van der Waals surface area contributed by atoms with Gasteiger partial charge < -0.3 is 5.32 Å². The Morgan fingerprint density at radius 2 is 1.62 bits per heavy atom. The first-order chi connectivity index (χ1) is 11.7. The van der Waals surface area contributed by atoms with Gasteiger partial charge >= 0.3 is 0 Å². The third kappa shape index (κ3) is 2.63. The number of nitrogens with zero attached hydrogens (tertiary/aromatic N) is 1. The molecule has 1 amide bonds. The Bertz CT molecular complexity index is 807. The number of ketones is 1. The molecule has 1 aliphatic heterocycles. The molecule has 0 saturated carbocycles. The Hall–Kier alpha value is -2.46. The molecule has 4 rings (SSSR count). The van der Waals surface area contributed by atoms with Crippen LogP contribution in [0.15, 0.2) is 42.5 Å². The van der Waals surface area contributed by atoms with Crippen LogP contribution in [-0.4, -0.2) is 36.2 Å². The van der Waals surface area contributed by atoms with Crippen molar-refractivity contribution in [1.29, 1.82) is 0 Å². The summed E-state index contributed by atoms with van der Waals surface area (Å²) in [6, 6.07) is 13.3. The summed E-state index contributed by atoms with van der Waals surface area (Å²) < 4.78 is 0. The Kier molecular flexibility index (Phi) is 3.90. The highest BCUT2D eigenvalue weighted by molar-refractivity contribution is 6.25. The van der Waals surface area contributed by atoms with Crippen LogP contribution in [0.4, 0.5) is 5.69 Å². The van der Waals surface area contributed by atoms with Crippen molar-refractivity contribution < 1.29 is 9.59 Å². The zero-order valence-electron chi connectivity index (χ0n) is 13.5. The van der Waals surface area contributed by atoms with Crippen molar-refractivity contribution in [2.75, 3.05) is 25.0 Å². The fourth-order valence-corrected chi connectivity index (χ4v) is 3.69. The summed E-state index contributed by atoms with van der Waals surface area (Å²) in [4.78, 5) is 27.3. The van der Waals surface area contributed by atoms with E-state index in [1.165, 1.54) is 6.42 Å². The predicted octanol–water partition coefficient (Wildman–Crippen LogP) is 3.32. The molecule has 0 unspecified atom stereocenters. The molecule has 0 radical (unpaired) electrons. The molecule has 1 fully saturated rings. The third-order valence-electron chi connectivity index (χ3n) is 4.84. The molecule has 0 spiro atoms. The Morgan fingerprint density at radius 3 is 2.42 bits per heavy atom.